The molecular weight excluding hydrogens is 322 g/mol. The number of hydrogen-bond donors (Lipinski definition) is 1. The summed E-state index contributed by atoms with van der Waals surface area (Å²) in [7, 11) is 0. The van der Waals surface area contributed by atoms with Crippen molar-refractivity contribution >= 4 is 11.6 Å². The molecule has 1 N–H and O–H groups in total. The van der Waals surface area contributed by atoms with Crippen molar-refractivity contribution in [1.29, 1.82) is 0 Å². The highest BCUT2D eigenvalue weighted by Gasteiger charge is 2.32. The van der Waals surface area contributed by atoms with Crippen LogP contribution in [0.3, 0.4) is 0 Å². The second-order valence-corrected chi connectivity index (χ2v) is 7.55. The minimum Gasteiger partial charge on any atom is -0.313 e. The Morgan fingerprint density at radius 3 is 2.50 bits per heavy atom. The molecular formula is C22H37N3O. The van der Waals surface area contributed by atoms with Crippen molar-refractivity contribution in [3.05, 3.63) is 29.3 Å². The lowest BCUT2D eigenvalue weighted by Gasteiger charge is -2.39. The molecule has 1 fully saturated rings. The molecule has 0 aromatic heterocycles. The van der Waals surface area contributed by atoms with Gasteiger partial charge in [0.15, 0.2) is 0 Å². The van der Waals surface area contributed by atoms with Gasteiger partial charge in [-0.3, -0.25) is 9.69 Å². The maximum Gasteiger partial charge on any atom is 0.245 e. The number of piperazine rings is 1. The second kappa shape index (κ2) is 10.7. The van der Waals surface area contributed by atoms with E-state index in [9.17, 15) is 4.79 Å². The van der Waals surface area contributed by atoms with Crippen molar-refractivity contribution < 1.29 is 4.79 Å². The maximum absolute atomic E-state index is 13.6. The molecule has 1 atom stereocenters. The number of amides is 1. The molecule has 0 radical (unpaired) electrons. The molecule has 1 aromatic carbocycles. The lowest BCUT2D eigenvalue weighted by atomic mass is 10.0. The predicted molar refractivity (Wildman–Crippen MR) is 111 cm³/mol. The summed E-state index contributed by atoms with van der Waals surface area (Å²) in [5.41, 5.74) is 3.50. The van der Waals surface area contributed by atoms with E-state index in [2.05, 4.69) is 61.0 Å². The molecule has 1 amide bonds. The van der Waals surface area contributed by atoms with Crippen LogP contribution >= 0.6 is 0 Å². The molecule has 4 nitrogen and oxygen atoms in total. The smallest absolute Gasteiger partial charge is 0.245 e. The first-order valence-electron chi connectivity index (χ1n) is 10.4. The highest BCUT2D eigenvalue weighted by molar-refractivity contribution is 5.98. The van der Waals surface area contributed by atoms with E-state index < -0.39 is 0 Å². The van der Waals surface area contributed by atoms with Gasteiger partial charge in [0, 0.05) is 31.9 Å². The Labute approximate surface area is 159 Å². The van der Waals surface area contributed by atoms with Gasteiger partial charge >= 0.3 is 0 Å². The minimum atomic E-state index is -0.0449. The fourth-order valence-corrected chi connectivity index (χ4v) is 3.88. The standard InChI is InChI=1S/C22H37N3O/c1-5-7-9-14-24-16-13-23-17-20(24)22(26)25(15-8-6-2)21-18(3)11-10-12-19(21)4/h10-12,20,23H,5-9,13-17H2,1-4H3. The summed E-state index contributed by atoms with van der Waals surface area (Å²) in [4.78, 5) is 18.1. The number of carbonyl (C=O) groups is 1. The molecule has 1 aliphatic heterocycles. The lowest BCUT2D eigenvalue weighted by Crippen LogP contribution is -2.59. The largest absolute Gasteiger partial charge is 0.313 e. The molecule has 1 aromatic rings. The summed E-state index contributed by atoms with van der Waals surface area (Å²) in [5.74, 6) is 0.263. The summed E-state index contributed by atoms with van der Waals surface area (Å²) in [6.07, 6.45) is 5.77. The van der Waals surface area contributed by atoms with Gasteiger partial charge in [-0.15, -0.1) is 0 Å². The van der Waals surface area contributed by atoms with Crippen molar-refractivity contribution in [2.75, 3.05) is 37.6 Å². The van der Waals surface area contributed by atoms with Crippen LogP contribution in [-0.2, 0) is 4.79 Å². The normalized spacial score (nSPS) is 18.1. The van der Waals surface area contributed by atoms with Gasteiger partial charge in [0.2, 0.25) is 5.91 Å². The molecule has 4 heteroatoms. The quantitative estimate of drug-likeness (QED) is 0.679. The van der Waals surface area contributed by atoms with Gasteiger partial charge in [0.05, 0.1) is 0 Å². The van der Waals surface area contributed by atoms with E-state index in [-0.39, 0.29) is 11.9 Å². The summed E-state index contributed by atoms with van der Waals surface area (Å²) in [5, 5.41) is 3.44. The van der Waals surface area contributed by atoms with E-state index in [1.165, 1.54) is 30.4 Å². The molecule has 0 saturated carbocycles. The first-order chi connectivity index (χ1) is 12.6. The van der Waals surface area contributed by atoms with Crippen molar-refractivity contribution in [3.63, 3.8) is 0 Å². The Hall–Kier alpha value is -1.39. The Bertz CT molecular complexity index is 552. The molecule has 1 unspecified atom stereocenters. The number of carbonyl (C=O) groups excluding carboxylic acids is 1. The predicted octanol–water partition coefficient (Wildman–Crippen LogP) is 3.90. The molecule has 1 saturated heterocycles. The third-order valence-electron chi connectivity index (χ3n) is 5.40. The molecule has 1 heterocycles. The van der Waals surface area contributed by atoms with Crippen molar-refractivity contribution in [1.82, 2.24) is 10.2 Å². The minimum absolute atomic E-state index is 0.0449. The second-order valence-electron chi connectivity index (χ2n) is 7.55. The third-order valence-corrected chi connectivity index (χ3v) is 5.40. The SMILES string of the molecule is CCCCCN1CCNCC1C(=O)N(CCCC)c1c(C)cccc1C. The first-order valence-corrected chi connectivity index (χ1v) is 10.4. The Morgan fingerprint density at radius 2 is 1.85 bits per heavy atom. The summed E-state index contributed by atoms with van der Waals surface area (Å²) in [6.45, 7) is 13.2. The van der Waals surface area contributed by atoms with E-state index >= 15 is 0 Å². The number of benzene rings is 1. The van der Waals surface area contributed by atoms with Gasteiger partial charge < -0.3 is 10.2 Å². The number of nitrogens with zero attached hydrogens (tertiary/aromatic N) is 2. The molecule has 0 bridgehead atoms. The average molecular weight is 360 g/mol. The van der Waals surface area contributed by atoms with E-state index in [1.54, 1.807) is 0 Å². The molecule has 2 rings (SSSR count). The summed E-state index contributed by atoms with van der Waals surface area (Å²) < 4.78 is 0. The highest BCUT2D eigenvalue weighted by Crippen LogP contribution is 2.26. The molecule has 0 aliphatic carbocycles. The van der Waals surface area contributed by atoms with Crippen LogP contribution in [0.25, 0.3) is 0 Å². The summed E-state index contributed by atoms with van der Waals surface area (Å²) >= 11 is 0. The van der Waals surface area contributed by atoms with Crippen LogP contribution in [0.1, 0.15) is 57.1 Å². The highest BCUT2D eigenvalue weighted by atomic mass is 16.2. The molecule has 146 valence electrons. The van der Waals surface area contributed by atoms with E-state index in [4.69, 9.17) is 0 Å². The van der Waals surface area contributed by atoms with Crippen molar-refractivity contribution in [2.45, 2.75) is 65.8 Å². The van der Waals surface area contributed by atoms with Crippen molar-refractivity contribution in [3.8, 4) is 0 Å². The zero-order valence-electron chi connectivity index (χ0n) is 17.2. The van der Waals surface area contributed by atoms with Gasteiger partial charge in [-0.2, -0.15) is 0 Å². The zero-order valence-corrected chi connectivity index (χ0v) is 17.2. The first kappa shape index (κ1) is 20.9. The number of nitrogens with one attached hydrogen (secondary N) is 1. The Balaban J connectivity index is 2.23. The monoisotopic (exact) mass is 359 g/mol. The maximum atomic E-state index is 13.6. The van der Waals surface area contributed by atoms with Crippen LogP contribution in [0.2, 0.25) is 0 Å². The van der Waals surface area contributed by atoms with Gasteiger partial charge in [-0.25, -0.2) is 0 Å². The average Bonchev–Trinajstić information content (AvgIpc) is 2.64. The van der Waals surface area contributed by atoms with E-state index in [0.29, 0.717) is 0 Å². The van der Waals surface area contributed by atoms with Crippen LogP contribution in [0.4, 0.5) is 5.69 Å². The van der Waals surface area contributed by atoms with Gasteiger partial charge in [0.1, 0.15) is 6.04 Å². The Kier molecular flexibility index (Phi) is 8.60. The number of anilines is 1. The van der Waals surface area contributed by atoms with Crippen molar-refractivity contribution in [2.24, 2.45) is 0 Å². The van der Waals surface area contributed by atoms with Crippen LogP contribution in [-0.4, -0.2) is 49.6 Å². The Morgan fingerprint density at radius 1 is 1.15 bits per heavy atom. The zero-order chi connectivity index (χ0) is 18.9. The summed E-state index contributed by atoms with van der Waals surface area (Å²) in [6, 6.07) is 6.27. The van der Waals surface area contributed by atoms with Crippen LogP contribution < -0.4 is 10.2 Å². The van der Waals surface area contributed by atoms with Crippen LogP contribution in [0.15, 0.2) is 18.2 Å². The fraction of sp³-hybridized carbons (Fsp3) is 0.682. The van der Waals surface area contributed by atoms with Gasteiger partial charge in [0.25, 0.3) is 0 Å². The van der Waals surface area contributed by atoms with Crippen LogP contribution in [0, 0.1) is 13.8 Å². The number of aryl methyl sites for hydroxylation is 2. The van der Waals surface area contributed by atoms with E-state index in [1.807, 2.05) is 0 Å². The van der Waals surface area contributed by atoms with Crippen LogP contribution in [0.5, 0.6) is 0 Å². The van der Waals surface area contributed by atoms with E-state index in [0.717, 1.165) is 51.3 Å². The lowest BCUT2D eigenvalue weighted by molar-refractivity contribution is -0.124. The number of rotatable bonds is 9. The molecule has 1 aliphatic rings. The number of unbranched alkanes of at least 4 members (excludes halogenated alkanes) is 3. The topological polar surface area (TPSA) is 35.6 Å². The molecule has 26 heavy (non-hydrogen) atoms. The molecule has 0 spiro atoms. The third kappa shape index (κ3) is 5.31. The fourth-order valence-electron chi connectivity index (χ4n) is 3.88. The van der Waals surface area contributed by atoms with Gasteiger partial charge in [-0.05, 0) is 44.4 Å². The number of hydrogen-bond acceptors (Lipinski definition) is 3. The van der Waals surface area contributed by atoms with Gasteiger partial charge in [-0.1, -0.05) is 51.3 Å². The number of para-hydroxylation sites is 1.